The molecule has 30 heavy (non-hydrogen) atoms. The lowest BCUT2D eigenvalue weighted by molar-refractivity contribution is 0.0626. The van der Waals surface area contributed by atoms with E-state index < -0.39 is 27.4 Å². The van der Waals surface area contributed by atoms with Crippen molar-refractivity contribution in [2.75, 3.05) is 19.6 Å². The Morgan fingerprint density at radius 3 is 2.57 bits per heavy atom. The van der Waals surface area contributed by atoms with E-state index in [1.807, 2.05) is 11.8 Å². The largest absolute Gasteiger partial charge is 0.503 e. The fourth-order valence-electron chi connectivity index (χ4n) is 3.53. The van der Waals surface area contributed by atoms with Gasteiger partial charge in [-0.25, -0.2) is 17.2 Å². The van der Waals surface area contributed by atoms with Gasteiger partial charge in [0, 0.05) is 44.0 Å². The number of aromatic hydroxyl groups is 1. The topological polar surface area (TPSA) is 120 Å². The molecule has 2 heterocycles. The summed E-state index contributed by atoms with van der Waals surface area (Å²) < 4.78 is 26.1. The maximum Gasteiger partial charge on any atom is 0.407 e. The Bertz CT molecular complexity index is 1120. The molecule has 0 saturated carbocycles. The van der Waals surface area contributed by atoms with Crippen LogP contribution in [-0.4, -0.2) is 64.2 Å². The number of hydrogen-bond acceptors (Lipinski definition) is 6. The summed E-state index contributed by atoms with van der Waals surface area (Å²) in [5.41, 5.74) is -0.798. The van der Waals surface area contributed by atoms with Crippen molar-refractivity contribution in [3.8, 4) is 5.75 Å². The van der Waals surface area contributed by atoms with E-state index >= 15 is 0 Å². The lowest BCUT2D eigenvalue weighted by Crippen LogP contribution is -2.54. The third-order valence-electron chi connectivity index (χ3n) is 5.17. The zero-order valence-corrected chi connectivity index (χ0v) is 17.8. The van der Waals surface area contributed by atoms with Gasteiger partial charge in [0.15, 0.2) is 5.75 Å². The molecular weight excluding hydrogens is 434 g/mol. The first-order chi connectivity index (χ1) is 14.2. The van der Waals surface area contributed by atoms with Gasteiger partial charge in [-0.3, -0.25) is 9.69 Å². The van der Waals surface area contributed by atoms with E-state index in [1.165, 1.54) is 29.2 Å². The lowest BCUT2D eigenvalue weighted by Gasteiger charge is -2.39. The molecule has 0 aliphatic carbocycles. The number of hydrogen-bond donors (Lipinski definition) is 2. The standard InChI is InChI=1S/C19H22ClN3O6S/c1-2-14-12-21(9-10-22(14)19(26)27)11-13-7-8-23(18(25)17(13)24)30(28,29)16-6-4-3-5-15(16)20/h3-8,14,24H,2,9-12H2,1H3,(H,26,27). The van der Waals surface area contributed by atoms with Crippen LogP contribution >= 0.6 is 11.6 Å². The molecule has 1 aliphatic rings. The van der Waals surface area contributed by atoms with E-state index in [1.54, 1.807) is 6.07 Å². The number of piperazine rings is 1. The first-order valence-electron chi connectivity index (χ1n) is 9.32. The molecule has 0 spiro atoms. The van der Waals surface area contributed by atoms with Gasteiger partial charge in [-0.2, -0.15) is 0 Å². The second-order valence-electron chi connectivity index (χ2n) is 7.00. The van der Waals surface area contributed by atoms with E-state index in [-0.39, 0.29) is 28.1 Å². The highest BCUT2D eigenvalue weighted by Gasteiger charge is 2.30. The maximum atomic E-state index is 12.8. The van der Waals surface area contributed by atoms with Crippen molar-refractivity contribution in [3.05, 3.63) is 57.5 Å². The van der Waals surface area contributed by atoms with Crippen molar-refractivity contribution in [1.29, 1.82) is 0 Å². The Morgan fingerprint density at radius 2 is 1.93 bits per heavy atom. The van der Waals surface area contributed by atoms with Crippen molar-refractivity contribution in [2.45, 2.75) is 30.8 Å². The summed E-state index contributed by atoms with van der Waals surface area (Å²) in [5.74, 6) is -0.665. The van der Waals surface area contributed by atoms with E-state index in [2.05, 4.69) is 0 Å². The third-order valence-corrected chi connectivity index (χ3v) is 7.33. The first kappa shape index (κ1) is 22.1. The molecule has 3 rings (SSSR count). The van der Waals surface area contributed by atoms with Gasteiger partial charge in [-0.1, -0.05) is 30.7 Å². The van der Waals surface area contributed by atoms with Crippen molar-refractivity contribution in [2.24, 2.45) is 0 Å². The van der Waals surface area contributed by atoms with Crippen molar-refractivity contribution >= 4 is 27.7 Å². The highest BCUT2D eigenvalue weighted by Crippen LogP contribution is 2.24. The number of benzene rings is 1. The minimum absolute atomic E-state index is 0.0325. The number of amides is 1. The number of rotatable bonds is 5. The van der Waals surface area contributed by atoms with Crippen LogP contribution in [0.25, 0.3) is 0 Å². The molecule has 1 fully saturated rings. The monoisotopic (exact) mass is 455 g/mol. The molecule has 2 N–H and O–H groups in total. The van der Waals surface area contributed by atoms with E-state index in [0.717, 1.165) is 6.20 Å². The van der Waals surface area contributed by atoms with E-state index in [4.69, 9.17) is 11.6 Å². The minimum Gasteiger partial charge on any atom is -0.503 e. The zero-order valence-electron chi connectivity index (χ0n) is 16.2. The number of pyridine rings is 1. The summed E-state index contributed by atoms with van der Waals surface area (Å²) in [6.45, 7) is 3.28. The molecule has 0 bridgehead atoms. The van der Waals surface area contributed by atoms with Crippen LogP contribution in [0.4, 0.5) is 4.79 Å². The van der Waals surface area contributed by atoms with Gasteiger partial charge in [0.05, 0.1) is 5.02 Å². The molecule has 1 saturated heterocycles. The van der Waals surface area contributed by atoms with E-state index in [9.17, 15) is 28.2 Å². The summed E-state index contributed by atoms with van der Waals surface area (Å²) in [6.07, 6.45) is 0.754. The van der Waals surface area contributed by atoms with E-state index in [0.29, 0.717) is 30.0 Å². The smallest absolute Gasteiger partial charge is 0.407 e. The molecule has 1 amide bonds. The molecule has 11 heteroatoms. The maximum absolute atomic E-state index is 12.8. The second-order valence-corrected chi connectivity index (χ2v) is 9.19. The summed E-state index contributed by atoms with van der Waals surface area (Å²) in [4.78, 5) is 27.0. The van der Waals surface area contributed by atoms with Crippen LogP contribution in [0.2, 0.25) is 5.02 Å². The predicted molar refractivity (Wildman–Crippen MR) is 110 cm³/mol. The van der Waals surface area contributed by atoms with Gasteiger partial charge in [0.1, 0.15) is 4.90 Å². The number of halogens is 1. The average Bonchev–Trinajstić information content (AvgIpc) is 2.71. The van der Waals surface area contributed by atoms with Crippen LogP contribution in [-0.2, 0) is 16.6 Å². The molecular formula is C19H22ClN3O6S. The minimum atomic E-state index is -4.28. The van der Waals surface area contributed by atoms with Gasteiger partial charge in [0.25, 0.3) is 10.0 Å². The Kier molecular flexibility index (Phi) is 6.39. The summed E-state index contributed by atoms with van der Waals surface area (Å²) >= 11 is 5.96. The van der Waals surface area contributed by atoms with Gasteiger partial charge in [-0.15, -0.1) is 0 Å². The van der Waals surface area contributed by atoms with Crippen LogP contribution in [0.5, 0.6) is 5.75 Å². The molecule has 1 unspecified atom stereocenters. The van der Waals surface area contributed by atoms with Crippen molar-refractivity contribution in [1.82, 2.24) is 13.8 Å². The lowest BCUT2D eigenvalue weighted by atomic mass is 10.1. The summed E-state index contributed by atoms with van der Waals surface area (Å²) in [5, 5.41) is 19.6. The van der Waals surface area contributed by atoms with Gasteiger partial charge in [-0.05, 0) is 24.6 Å². The number of carbonyl (C=O) groups is 1. The highest BCUT2D eigenvalue weighted by molar-refractivity contribution is 7.90. The molecule has 1 aromatic heterocycles. The van der Waals surface area contributed by atoms with Crippen LogP contribution in [0.15, 0.2) is 46.2 Å². The predicted octanol–water partition coefficient (Wildman–Crippen LogP) is 2.02. The Balaban J connectivity index is 1.87. The quantitative estimate of drug-likeness (QED) is 0.707. The summed E-state index contributed by atoms with van der Waals surface area (Å²) in [6, 6.07) is 6.91. The number of carboxylic acid groups (broad SMARTS) is 1. The average molecular weight is 456 g/mol. The number of aromatic nitrogens is 1. The molecule has 162 valence electrons. The normalized spacial score (nSPS) is 17.8. The second kappa shape index (κ2) is 8.66. The molecule has 1 aliphatic heterocycles. The van der Waals surface area contributed by atoms with Crippen LogP contribution in [0.1, 0.15) is 18.9 Å². The zero-order chi connectivity index (χ0) is 22.1. The van der Waals surface area contributed by atoms with Crippen molar-refractivity contribution < 1.29 is 23.4 Å². The molecule has 2 aromatic rings. The Hall–Kier alpha value is -2.56. The van der Waals surface area contributed by atoms with Gasteiger partial charge < -0.3 is 15.1 Å². The van der Waals surface area contributed by atoms with Gasteiger partial charge >= 0.3 is 11.7 Å². The first-order valence-corrected chi connectivity index (χ1v) is 11.1. The molecule has 1 atom stereocenters. The highest BCUT2D eigenvalue weighted by atomic mass is 35.5. The fraction of sp³-hybridized carbons (Fsp3) is 0.368. The molecule has 9 nitrogen and oxygen atoms in total. The van der Waals surface area contributed by atoms with Gasteiger partial charge in [0.2, 0.25) is 0 Å². The Labute approximate surface area is 178 Å². The molecule has 1 aromatic carbocycles. The SMILES string of the molecule is CCC1CN(Cc2ccn(S(=O)(=O)c3ccccc3Cl)c(=O)c2O)CCN1C(=O)O. The summed E-state index contributed by atoms with van der Waals surface area (Å²) in [7, 11) is -4.28. The van der Waals surface area contributed by atoms with Crippen LogP contribution in [0, 0.1) is 0 Å². The Morgan fingerprint density at radius 1 is 1.23 bits per heavy atom. The van der Waals surface area contributed by atoms with Crippen molar-refractivity contribution in [3.63, 3.8) is 0 Å². The number of nitrogens with zero attached hydrogens (tertiary/aromatic N) is 3. The molecule has 0 radical (unpaired) electrons. The van der Waals surface area contributed by atoms with Crippen LogP contribution < -0.4 is 5.56 Å². The fourth-order valence-corrected chi connectivity index (χ4v) is 5.26. The third kappa shape index (κ3) is 4.16. The van der Waals surface area contributed by atoms with Crippen LogP contribution in [0.3, 0.4) is 0 Å².